The number of aliphatic hydroxyl groups is 1. The number of nitrogens with one attached hydrogen (secondary N) is 1. The molecule has 0 saturated carbocycles. The number of nitrogens with two attached hydrogens (primary N) is 1. The zero-order valence-electron chi connectivity index (χ0n) is 23.2. The summed E-state index contributed by atoms with van der Waals surface area (Å²) < 4.78 is 32.2. The van der Waals surface area contributed by atoms with E-state index in [2.05, 4.69) is 10.3 Å². The van der Waals surface area contributed by atoms with E-state index in [1.54, 1.807) is 16.7 Å². The number of benzene rings is 1. The molecule has 220 valence electrons. The summed E-state index contributed by atoms with van der Waals surface area (Å²) in [5.41, 5.74) is 7.87. The molecule has 1 spiro atoms. The molecule has 2 aromatic heterocycles. The summed E-state index contributed by atoms with van der Waals surface area (Å²) in [6.07, 6.45) is -0.590. The van der Waals surface area contributed by atoms with E-state index in [9.17, 15) is 28.7 Å². The first kappa shape index (κ1) is 27.4. The minimum absolute atomic E-state index is 0.0557. The summed E-state index contributed by atoms with van der Waals surface area (Å²) in [5, 5.41) is 14.4. The number of anilines is 2. The van der Waals surface area contributed by atoms with Crippen molar-refractivity contribution in [3.8, 4) is 0 Å². The summed E-state index contributed by atoms with van der Waals surface area (Å²) in [6.45, 7) is 7.59. The average molecular weight is 582 g/mol. The quantitative estimate of drug-likeness (QED) is 0.290. The Bertz CT molecular complexity index is 1700. The largest absolute Gasteiger partial charge is 0.450 e. The summed E-state index contributed by atoms with van der Waals surface area (Å²) in [4.78, 5) is 57.2. The van der Waals surface area contributed by atoms with Crippen molar-refractivity contribution in [3.63, 3.8) is 0 Å². The van der Waals surface area contributed by atoms with Gasteiger partial charge in [-0.3, -0.25) is 19.3 Å². The third kappa shape index (κ3) is 3.89. The topological polar surface area (TPSA) is 175 Å². The minimum Gasteiger partial charge on any atom is -0.450 e. The molecular weight excluding hydrogens is 553 g/mol. The second kappa shape index (κ2) is 9.14. The highest BCUT2D eigenvalue weighted by Crippen LogP contribution is 2.47. The Balaban J connectivity index is 1.45. The fraction of sp³-hybridized carbons (Fsp3) is 0.393. The van der Waals surface area contributed by atoms with Gasteiger partial charge in [0.05, 0.1) is 30.0 Å². The number of amides is 1. The Hall–Kier alpha value is -4.72. The van der Waals surface area contributed by atoms with Crippen LogP contribution >= 0.6 is 0 Å². The maximum Gasteiger partial charge on any atom is 0.383 e. The zero-order chi connectivity index (χ0) is 30.3. The number of halogens is 1. The van der Waals surface area contributed by atoms with Crippen LogP contribution < -0.4 is 16.0 Å². The molecule has 1 aromatic carbocycles. The van der Waals surface area contributed by atoms with Crippen LogP contribution in [-0.2, 0) is 39.9 Å². The molecule has 3 aromatic rings. The van der Waals surface area contributed by atoms with Crippen molar-refractivity contribution in [1.82, 2.24) is 9.38 Å². The first-order valence-electron chi connectivity index (χ1n) is 13.2. The molecule has 2 bridgehead atoms. The van der Waals surface area contributed by atoms with Crippen LogP contribution in [0.4, 0.5) is 15.8 Å². The number of carbonyl (C=O) groups excluding carboxylic acids is 4. The number of primary amides is 1. The van der Waals surface area contributed by atoms with E-state index in [0.29, 0.717) is 23.6 Å². The summed E-state index contributed by atoms with van der Waals surface area (Å²) >= 11 is 0. The van der Waals surface area contributed by atoms with Crippen LogP contribution in [-0.4, -0.2) is 62.5 Å². The van der Waals surface area contributed by atoms with Gasteiger partial charge in [0.1, 0.15) is 5.82 Å². The Morgan fingerprint density at radius 3 is 2.52 bits per heavy atom. The highest BCUT2D eigenvalue weighted by molar-refractivity contribution is 6.06. The van der Waals surface area contributed by atoms with E-state index in [1.165, 1.54) is 17.0 Å². The van der Waals surface area contributed by atoms with E-state index in [-0.39, 0.29) is 12.4 Å². The molecule has 4 N–H and O–H groups in total. The number of fused-ring (bicyclic) bond motifs is 3. The molecule has 3 fully saturated rings. The third-order valence-electron chi connectivity index (χ3n) is 8.27. The zero-order valence-corrected chi connectivity index (χ0v) is 23.2. The number of nitrogens with zero attached hydrogens (tertiary/aromatic N) is 3. The molecule has 4 atom stereocenters. The molecule has 14 heteroatoms. The van der Waals surface area contributed by atoms with Gasteiger partial charge >= 0.3 is 23.8 Å². The van der Waals surface area contributed by atoms with Gasteiger partial charge in [0, 0.05) is 18.4 Å². The normalized spacial score (nSPS) is 26.8. The van der Waals surface area contributed by atoms with Crippen molar-refractivity contribution in [3.05, 3.63) is 58.3 Å². The van der Waals surface area contributed by atoms with Gasteiger partial charge in [0.25, 0.3) is 0 Å². The second-order valence-electron chi connectivity index (χ2n) is 10.9. The number of hydrogen-bond donors (Lipinski definition) is 3. The highest BCUT2D eigenvalue weighted by atomic mass is 19.1. The molecular formula is C28H28FN5O8. The molecule has 4 unspecified atom stereocenters. The third-order valence-corrected chi connectivity index (χ3v) is 8.27. The summed E-state index contributed by atoms with van der Waals surface area (Å²) in [6, 6.07) is 4.58. The summed E-state index contributed by atoms with van der Waals surface area (Å²) in [7, 11) is 0. The highest BCUT2D eigenvalue weighted by Gasteiger charge is 2.72. The van der Waals surface area contributed by atoms with Crippen LogP contribution in [0.25, 0.3) is 5.65 Å². The van der Waals surface area contributed by atoms with Crippen LogP contribution in [0.1, 0.15) is 34.5 Å². The number of pyridine rings is 1. The first-order valence-corrected chi connectivity index (χ1v) is 13.2. The van der Waals surface area contributed by atoms with Gasteiger partial charge < -0.3 is 34.8 Å². The van der Waals surface area contributed by atoms with Crippen LogP contribution in [0, 0.1) is 39.4 Å². The molecule has 3 aliphatic heterocycles. The van der Waals surface area contributed by atoms with E-state index >= 15 is 0 Å². The smallest absolute Gasteiger partial charge is 0.383 e. The number of hydrogen-bond acceptors (Lipinski definition) is 11. The Morgan fingerprint density at radius 1 is 1.17 bits per heavy atom. The fourth-order valence-electron chi connectivity index (χ4n) is 5.85. The molecule has 5 heterocycles. The molecule has 13 nitrogen and oxygen atoms in total. The molecule has 6 rings (SSSR count). The van der Waals surface area contributed by atoms with Crippen LogP contribution in [0.5, 0.6) is 0 Å². The van der Waals surface area contributed by atoms with Gasteiger partial charge in [-0.2, -0.15) is 0 Å². The van der Waals surface area contributed by atoms with Gasteiger partial charge in [-0.25, -0.2) is 14.2 Å². The van der Waals surface area contributed by atoms with E-state index in [4.69, 9.17) is 19.9 Å². The van der Waals surface area contributed by atoms with Crippen molar-refractivity contribution >= 4 is 40.8 Å². The van der Waals surface area contributed by atoms with Crippen molar-refractivity contribution in [2.24, 2.45) is 11.7 Å². The van der Waals surface area contributed by atoms with Crippen LogP contribution in [0.2, 0.25) is 0 Å². The fourth-order valence-corrected chi connectivity index (χ4v) is 5.85. The summed E-state index contributed by atoms with van der Waals surface area (Å²) in [5.74, 6) is -9.98. The van der Waals surface area contributed by atoms with Crippen LogP contribution in [0.15, 0.2) is 24.4 Å². The lowest BCUT2D eigenvalue weighted by atomic mass is 9.83. The standard InChI is InChI=1S/C28H28FN5O8/c1-12-5-16(29)6-13(2)18(12)9-31-19-7-17(10-33-15(4)14(3)32-24(19)33)34-11-20-28(34)41-25(37)22(23(30)36)27(39,26(38)42-28)8-21(35)40-20/h5-7,10,20,22,31,39H,8-9,11H2,1-4H3,(H2,30,36). The van der Waals surface area contributed by atoms with Crippen molar-refractivity contribution in [2.75, 3.05) is 16.8 Å². The molecule has 1 amide bonds. The number of imidazole rings is 1. The molecule has 0 radical (unpaired) electrons. The number of carbonyl (C=O) groups is 4. The van der Waals surface area contributed by atoms with Crippen molar-refractivity contribution in [1.29, 1.82) is 0 Å². The monoisotopic (exact) mass is 581 g/mol. The average Bonchev–Trinajstić information content (AvgIpc) is 3.13. The van der Waals surface area contributed by atoms with Gasteiger partial charge in [-0.05, 0) is 62.6 Å². The SMILES string of the molecule is Cc1cc(F)cc(C)c1CNc1cc(N2CC3OC(=O)CC4(O)C(=O)OC32OC(=O)C4C(N)=O)cn2c(C)c(C)nc12. The number of aromatic nitrogens is 2. The predicted molar refractivity (Wildman–Crippen MR) is 142 cm³/mol. The molecule has 3 saturated heterocycles. The maximum atomic E-state index is 13.9. The lowest BCUT2D eigenvalue weighted by molar-refractivity contribution is -0.293. The minimum atomic E-state index is -2.91. The van der Waals surface area contributed by atoms with E-state index in [1.807, 2.05) is 27.7 Å². The number of aryl methyl sites for hydroxylation is 4. The van der Waals surface area contributed by atoms with Gasteiger partial charge in [-0.15, -0.1) is 0 Å². The number of rotatable bonds is 5. The lowest BCUT2D eigenvalue weighted by Crippen LogP contribution is -2.76. The molecule has 42 heavy (non-hydrogen) atoms. The molecule has 3 aliphatic rings. The Morgan fingerprint density at radius 2 is 1.86 bits per heavy atom. The van der Waals surface area contributed by atoms with Gasteiger partial charge in [0.2, 0.25) is 12.0 Å². The van der Waals surface area contributed by atoms with Crippen molar-refractivity contribution < 1.29 is 42.9 Å². The van der Waals surface area contributed by atoms with Gasteiger partial charge in [0.15, 0.2) is 17.2 Å². The molecule has 0 aliphatic carbocycles. The number of ether oxygens (including phenoxy) is 3. The van der Waals surface area contributed by atoms with Crippen LogP contribution in [0.3, 0.4) is 0 Å². The maximum absolute atomic E-state index is 13.9. The van der Waals surface area contributed by atoms with Gasteiger partial charge in [-0.1, -0.05) is 0 Å². The van der Waals surface area contributed by atoms with E-state index < -0.39 is 53.8 Å². The first-order chi connectivity index (χ1) is 19.7. The Labute approximate surface area is 238 Å². The second-order valence-corrected chi connectivity index (χ2v) is 10.9. The van der Waals surface area contributed by atoms with E-state index in [0.717, 1.165) is 28.1 Å². The number of esters is 3. The lowest BCUT2D eigenvalue weighted by Gasteiger charge is -2.54. The van der Waals surface area contributed by atoms with Crippen molar-refractivity contribution in [2.45, 2.75) is 58.3 Å². The Kier molecular flexibility index (Phi) is 5.98. The predicted octanol–water partition coefficient (Wildman–Crippen LogP) is 1.04.